The third-order valence-electron chi connectivity index (χ3n) is 2.59. The summed E-state index contributed by atoms with van der Waals surface area (Å²) in [6.07, 6.45) is 4.15. The van der Waals surface area contributed by atoms with Crippen LogP contribution in [0.4, 0.5) is 10.8 Å². The van der Waals surface area contributed by atoms with Crippen LogP contribution in [-0.4, -0.2) is 25.6 Å². The molecule has 0 unspecified atom stereocenters. The summed E-state index contributed by atoms with van der Waals surface area (Å²) in [5.41, 5.74) is -0.0897. The molecule has 0 aromatic carbocycles. The molecule has 0 saturated heterocycles. The Balaban J connectivity index is 1.94. The number of hydrogen-bond acceptors (Lipinski definition) is 6. The van der Waals surface area contributed by atoms with E-state index in [-0.39, 0.29) is 24.1 Å². The van der Waals surface area contributed by atoms with E-state index in [1.54, 1.807) is 13.1 Å². The highest BCUT2D eigenvalue weighted by molar-refractivity contribution is 7.15. The highest BCUT2D eigenvalue weighted by atomic mass is 32.1. The summed E-state index contributed by atoms with van der Waals surface area (Å²) >= 11 is 1.39. The first-order valence-corrected chi connectivity index (χ1v) is 6.67. The Morgan fingerprint density at radius 1 is 1.60 bits per heavy atom. The number of rotatable bonds is 5. The van der Waals surface area contributed by atoms with E-state index in [4.69, 9.17) is 0 Å². The summed E-state index contributed by atoms with van der Waals surface area (Å²) in [4.78, 5) is 27.0. The molecule has 20 heavy (non-hydrogen) atoms. The Labute approximate surface area is 118 Å². The van der Waals surface area contributed by atoms with E-state index < -0.39 is 4.92 Å². The molecule has 0 bridgehead atoms. The monoisotopic (exact) mass is 295 g/mol. The lowest BCUT2D eigenvalue weighted by Crippen LogP contribution is -2.24. The summed E-state index contributed by atoms with van der Waals surface area (Å²) in [6.45, 7) is 3.90. The van der Waals surface area contributed by atoms with E-state index in [9.17, 15) is 14.9 Å². The van der Waals surface area contributed by atoms with Gasteiger partial charge >= 0.3 is 5.69 Å². The molecule has 0 saturated carbocycles. The molecule has 2 aromatic rings. The number of nitro groups is 1. The minimum absolute atomic E-state index is 0.0897. The number of anilines is 1. The van der Waals surface area contributed by atoms with E-state index >= 15 is 0 Å². The number of thiazole rings is 1. The van der Waals surface area contributed by atoms with Crippen molar-refractivity contribution in [2.45, 2.75) is 20.4 Å². The molecule has 0 radical (unpaired) electrons. The molecule has 0 aliphatic heterocycles. The number of aryl methyl sites for hydroxylation is 1. The maximum atomic E-state index is 11.9. The van der Waals surface area contributed by atoms with Gasteiger partial charge in [-0.1, -0.05) is 6.92 Å². The van der Waals surface area contributed by atoms with Crippen LogP contribution in [0.1, 0.15) is 11.8 Å². The van der Waals surface area contributed by atoms with Crippen LogP contribution >= 0.6 is 11.3 Å². The number of nitrogens with one attached hydrogen (secondary N) is 1. The predicted octanol–water partition coefficient (Wildman–Crippen LogP) is 1.83. The van der Waals surface area contributed by atoms with E-state index in [0.29, 0.717) is 5.13 Å². The Bertz CT molecular complexity index is 636. The van der Waals surface area contributed by atoms with Crippen molar-refractivity contribution in [2.75, 3.05) is 5.32 Å². The lowest BCUT2D eigenvalue weighted by atomic mass is 10.1. The first-order valence-electron chi connectivity index (χ1n) is 5.86. The molecule has 2 heterocycles. The Morgan fingerprint density at radius 2 is 2.35 bits per heavy atom. The number of aromatic nitrogens is 3. The van der Waals surface area contributed by atoms with E-state index in [1.807, 2.05) is 6.92 Å². The van der Waals surface area contributed by atoms with Gasteiger partial charge in [-0.2, -0.15) is 5.10 Å². The number of hydrogen-bond donors (Lipinski definition) is 1. The van der Waals surface area contributed by atoms with Crippen LogP contribution in [0.15, 0.2) is 18.6 Å². The average molecular weight is 295 g/mol. The Kier molecular flexibility index (Phi) is 4.08. The highest BCUT2D eigenvalue weighted by Crippen LogP contribution is 2.18. The van der Waals surface area contributed by atoms with Crippen LogP contribution in [0.5, 0.6) is 0 Å². The van der Waals surface area contributed by atoms with E-state index in [1.165, 1.54) is 22.2 Å². The summed E-state index contributed by atoms with van der Waals surface area (Å²) < 4.78 is 1.38. The summed E-state index contributed by atoms with van der Waals surface area (Å²) in [5, 5.41) is 17.6. The molecule has 1 N–H and O–H groups in total. The fourth-order valence-corrected chi connectivity index (χ4v) is 2.22. The van der Waals surface area contributed by atoms with Crippen molar-refractivity contribution in [3.63, 3.8) is 0 Å². The second-order valence-electron chi connectivity index (χ2n) is 4.34. The van der Waals surface area contributed by atoms with Crippen LogP contribution in [0, 0.1) is 23.0 Å². The van der Waals surface area contributed by atoms with Crippen molar-refractivity contribution in [3.8, 4) is 0 Å². The van der Waals surface area contributed by atoms with Crippen LogP contribution in [-0.2, 0) is 11.3 Å². The summed E-state index contributed by atoms with van der Waals surface area (Å²) in [7, 11) is 0. The van der Waals surface area contributed by atoms with Gasteiger partial charge < -0.3 is 5.32 Å². The molecular formula is C11H13N5O3S. The van der Waals surface area contributed by atoms with Crippen LogP contribution < -0.4 is 5.32 Å². The Morgan fingerprint density at radius 3 is 2.90 bits per heavy atom. The molecular weight excluding hydrogens is 282 g/mol. The van der Waals surface area contributed by atoms with Gasteiger partial charge in [-0.05, 0) is 6.92 Å². The topological polar surface area (TPSA) is 103 Å². The van der Waals surface area contributed by atoms with Crippen LogP contribution in [0.25, 0.3) is 0 Å². The van der Waals surface area contributed by atoms with E-state index in [0.717, 1.165) is 11.1 Å². The maximum absolute atomic E-state index is 11.9. The maximum Gasteiger partial charge on any atom is 0.306 e. The molecule has 106 valence electrons. The lowest BCUT2D eigenvalue weighted by Gasteiger charge is -2.10. The molecule has 2 rings (SSSR count). The molecule has 9 heteroatoms. The van der Waals surface area contributed by atoms with Crippen LogP contribution in [0.3, 0.4) is 0 Å². The number of amides is 1. The summed E-state index contributed by atoms with van der Waals surface area (Å²) in [5.74, 6) is -0.573. The van der Waals surface area contributed by atoms with Crippen molar-refractivity contribution in [1.29, 1.82) is 0 Å². The Hall–Kier alpha value is -2.29. The minimum atomic E-state index is -0.521. The molecule has 1 amide bonds. The second-order valence-corrected chi connectivity index (χ2v) is 5.58. The molecule has 0 spiro atoms. The van der Waals surface area contributed by atoms with Gasteiger partial charge in [0.1, 0.15) is 12.4 Å². The first kappa shape index (κ1) is 14.1. The van der Waals surface area contributed by atoms with Crippen molar-refractivity contribution in [3.05, 3.63) is 33.6 Å². The number of carbonyl (C=O) groups excluding carboxylic acids is 1. The van der Waals surface area contributed by atoms with E-state index in [2.05, 4.69) is 15.4 Å². The normalized spacial score (nSPS) is 12.1. The smallest absolute Gasteiger partial charge is 0.302 e. The third-order valence-corrected chi connectivity index (χ3v) is 3.42. The highest BCUT2D eigenvalue weighted by Gasteiger charge is 2.17. The van der Waals surface area contributed by atoms with Gasteiger partial charge in [-0.25, -0.2) is 4.98 Å². The molecule has 0 aliphatic carbocycles. The zero-order chi connectivity index (χ0) is 14.7. The third kappa shape index (κ3) is 3.38. The SMILES string of the molecule is Cc1cnc(NC(=O)[C@@H](C)Cn2cc([N+](=O)[O-])cn2)s1. The van der Waals surface area contributed by atoms with Gasteiger partial charge in [-0.3, -0.25) is 19.6 Å². The fraction of sp³-hybridized carbons (Fsp3) is 0.364. The number of nitrogens with zero attached hydrogens (tertiary/aromatic N) is 4. The van der Waals surface area contributed by atoms with Crippen molar-refractivity contribution < 1.29 is 9.72 Å². The molecule has 0 fully saturated rings. The fourth-order valence-electron chi connectivity index (χ4n) is 1.55. The average Bonchev–Trinajstić information content (AvgIpc) is 2.98. The predicted molar refractivity (Wildman–Crippen MR) is 73.5 cm³/mol. The molecule has 1 atom stereocenters. The molecule has 0 aliphatic rings. The van der Waals surface area contributed by atoms with Crippen LogP contribution in [0.2, 0.25) is 0 Å². The van der Waals surface area contributed by atoms with Gasteiger partial charge in [-0.15, -0.1) is 11.3 Å². The lowest BCUT2D eigenvalue weighted by molar-refractivity contribution is -0.385. The minimum Gasteiger partial charge on any atom is -0.302 e. The van der Waals surface area contributed by atoms with Gasteiger partial charge in [0.2, 0.25) is 5.91 Å². The largest absolute Gasteiger partial charge is 0.306 e. The second kappa shape index (κ2) is 5.78. The first-order chi connectivity index (χ1) is 9.45. The van der Waals surface area contributed by atoms with Gasteiger partial charge in [0.05, 0.1) is 17.4 Å². The van der Waals surface area contributed by atoms with Gasteiger partial charge in [0, 0.05) is 11.1 Å². The zero-order valence-corrected chi connectivity index (χ0v) is 11.8. The van der Waals surface area contributed by atoms with Crippen molar-refractivity contribution in [1.82, 2.24) is 14.8 Å². The standard InChI is InChI=1S/C11H13N5O3S/c1-7(5-15-6-9(4-13-15)16(18)19)10(17)14-11-12-3-8(2)20-11/h3-4,6-7H,5H2,1-2H3,(H,12,14,17)/t7-/m0/s1. The van der Waals surface area contributed by atoms with Gasteiger partial charge in [0.15, 0.2) is 5.13 Å². The number of carbonyl (C=O) groups is 1. The van der Waals surface area contributed by atoms with Crippen molar-refractivity contribution in [2.24, 2.45) is 5.92 Å². The van der Waals surface area contributed by atoms with Gasteiger partial charge in [0.25, 0.3) is 0 Å². The zero-order valence-electron chi connectivity index (χ0n) is 10.9. The molecule has 2 aromatic heterocycles. The quantitative estimate of drug-likeness (QED) is 0.669. The summed E-state index contributed by atoms with van der Waals surface area (Å²) in [6, 6.07) is 0. The molecule has 8 nitrogen and oxygen atoms in total. The van der Waals surface area contributed by atoms with Crippen molar-refractivity contribution >= 4 is 28.1 Å².